The zero-order valence-electron chi connectivity index (χ0n) is 10.4. The molecule has 0 radical (unpaired) electrons. The lowest BCUT2D eigenvalue weighted by atomic mass is 9.87. The maximum absolute atomic E-state index is 11.5. The SMILES string of the molecule is CCCCCC(=O)NCC1CCC(O)CC1. The number of carbonyl (C=O) groups is 1. The van der Waals surface area contributed by atoms with E-state index in [9.17, 15) is 9.90 Å². The van der Waals surface area contributed by atoms with Crippen molar-refractivity contribution in [3.63, 3.8) is 0 Å². The topological polar surface area (TPSA) is 49.3 Å². The summed E-state index contributed by atoms with van der Waals surface area (Å²) in [7, 11) is 0. The van der Waals surface area contributed by atoms with Crippen molar-refractivity contribution in [3.05, 3.63) is 0 Å². The van der Waals surface area contributed by atoms with Gasteiger partial charge < -0.3 is 10.4 Å². The summed E-state index contributed by atoms with van der Waals surface area (Å²) >= 11 is 0. The van der Waals surface area contributed by atoms with Gasteiger partial charge in [-0.25, -0.2) is 0 Å². The number of unbranched alkanes of at least 4 members (excludes halogenated alkanes) is 2. The lowest BCUT2D eigenvalue weighted by Gasteiger charge is -2.25. The van der Waals surface area contributed by atoms with Crippen LogP contribution in [0, 0.1) is 5.92 Å². The van der Waals surface area contributed by atoms with Crippen molar-refractivity contribution < 1.29 is 9.90 Å². The lowest BCUT2D eigenvalue weighted by molar-refractivity contribution is -0.121. The summed E-state index contributed by atoms with van der Waals surface area (Å²) in [5.74, 6) is 0.776. The number of aliphatic hydroxyl groups is 1. The van der Waals surface area contributed by atoms with Crippen molar-refractivity contribution in [2.45, 2.75) is 64.4 Å². The smallest absolute Gasteiger partial charge is 0.220 e. The quantitative estimate of drug-likeness (QED) is 0.684. The predicted octanol–water partition coefficient (Wildman–Crippen LogP) is 2.23. The third-order valence-corrected chi connectivity index (χ3v) is 3.41. The molecule has 1 fully saturated rings. The van der Waals surface area contributed by atoms with Crippen LogP contribution in [-0.4, -0.2) is 23.7 Å². The molecule has 0 unspecified atom stereocenters. The van der Waals surface area contributed by atoms with Gasteiger partial charge in [0.05, 0.1) is 6.10 Å². The fourth-order valence-corrected chi connectivity index (χ4v) is 2.23. The summed E-state index contributed by atoms with van der Waals surface area (Å²) in [5.41, 5.74) is 0. The second-order valence-corrected chi connectivity index (χ2v) is 4.94. The van der Waals surface area contributed by atoms with E-state index < -0.39 is 0 Å². The molecule has 2 N–H and O–H groups in total. The Balaban J connectivity index is 2.03. The molecule has 0 aromatic rings. The first-order valence-electron chi connectivity index (χ1n) is 6.67. The first-order chi connectivity index (χ1) is 7.72. The van der Waals surface area contributed by atoms with Crippen molar-refractivity contribution in [1.29, 1.82) is 0 Å². The molecule has 0 saturated heterocycles. The average Bonchev–Trinajstić information content (AvgIpc) is 2.29. The van der Waals surface area contributed by atoms with Crippen LogP contribution in [-0.2, 0) is 4.79 Å². The van der Waals surface area contributed by atoms with Gasteiger partial charge in [0.1, 0.15) is 0 Å². The van der Waals surface area contributed by atoms with E-state index in [2.05, 4.69) is 12.2 Å². The summed E-state index contributed by atoms with van der Waals surface area (Å²) in [4.78, 5) is 11.5. The Kier molecular flexibility index (Phi) is 6.46. The molecule has 3 heteroatoms. The molecule has 0 aromatic carbocycles. The Bertz CT molecular complexity index is 198. The van der Waals surface area contributed by atoms with Gasteiger partial charge in [-0.1, -0.05) is 19.8 Å². The highest BCUT2D eigenvalue weighted by atomic mass is 16.3. The Morgan fingerprint density at radius 3 is 2.56 bits per heavy atom. The summed E-state index contributed by atoms with van der Waals surface area (Å²) in [6.45, 7) is 2.95. The number of hydrogen-bond acceptors (Lipinski definition) is 2. The molecule has 1 aliphatic carbocycles. The molecule has 0 heterocycles. The highest BCUT2D eigenvalue weighted by molar-refractivity contribution is 5.75. The third kappa shape index (κ3) is 5.50. The van der Waals surface area contributed by atoms with Crippen LogP contribution in [0.25, 0.3) is 0 Å². The molecular formula is C13H25NO2. The summed E-state index contributed by atoms with van der Waals surface area (Å²) in [6, 6.07) is 0. The Labute approximate surface area is 98.6 Å². The average molecular weight is 227 g/mol. The molecule has 1 aliphatic rings. The monoisotopic (exact) mass is 227 g/mol. The fourth-order valence-electron chi connectivity index (χ4n) is 2.23. The van der Waals surface area contributed by atoms with Crippen molar-refractivity contribution in [1.82, 2.24) is 5.32 Å². The van der Waals surface area contributed by atoms with Gasteiger partial charge in [0.2, 0.25) is 5.91 Å². The molecule has 94 valence electrons. The number of aliphatic hydroxyl groups excluding tert-OH is 1. The minimum absolute atomic E-state index is 0.100. The van der Waals surface area contributed by atoms with Gasteiger partial charge in [-0.05, 0) is 38.0 Å². The molecule has 1 rings (SSSR count). The second-order valence-electron chi connectivity index (χ2n) is 4.94. The number of carbonyl (C=O) groups excluding carboxylic acids is 1. The van der Waals surface area contributed by atoms with Gasteiger partial charge in [0.15, 0.2) is 0 Å². The van der Waals surface area contributed by atoms with E-state index in [1.54, 1.807) is 0 Å². The maximum atomic E-state index is 11.5. The molecule has 1 amide bonds. The number of amides is 1. The zero-order chi connectivity index (χ0) is 11.8. The van der Waals surface area contributed by atoms with Gasteiger partial charge in [0.25, 0.3) is 0 Å². The fraction of sp³-hybridized carbons (Fsp3) is 0.923. The molecule has 0 aromatic heterocycles. The standard InChI is InChI=1S/C13H25NO2/c1-2-3-4-5-13(16)14-10-11-6-8-12(15)9-7-11/h11-12,15H,2-10H2,1H3,(H,14,16). The van der Waals surface area contributed by atoms with Gasteiger partial charge in [-0.15, -0.1) is 0 Å². The Hall–Kier alpha value is -0.570. The maximum Gasteiger partial charge on any atom is 0.220 e. The van der Waals surface area contributed by atoms with Gasteiger partial charge >= 0.3 is 0 Å². The number of hydrogen-bond donors (Lipinski definition) is 2. The van der Waals surface area contributed by atoms with Crippen molar-refractivity contribution in [2.75, 3.05) is 6.54 Å². The summed E-state index contributed by atoms with van der Waals surface area (Å²) in [5, 5.41) is 12.4. The molecule has 0 spiro atoms. The normalized spacial score (nSPS) is 25.4. The van der Waals surface area contributed by atoms with Crippen LogP contribution in [0.5, 0.6) is 0 Å². The van der Waals surface area contributed by atoms with Crippen molar-refractivity contribution in [3.8, 4) is 0 Å². The lowest BCUT2D eigenvalue weighted by Crippen LogP contribution is -2.31. The minimum atomic E-state index is -0.100. The zero-order valence-corrected chi connectivity index (χ0v) is 10.4. The van der Waals surface area contributed by atoms with Crippen LogP contribution < -0.4 is 5.32 Å². The van der Waals surface area contributed by atoms with Crippen LogP contribution >= 0.6 is 0 Å². The van der Waals surface area contributed by atoms with E-state index >= 15 is 0 Å². The molecule has 0 aliphatic heterocycles. The van der Waals surface area contributed by atoms with E-state index in [0.717, 1.165) is 51.5 Å². The first-order valence-corrected chi connectivity index (χ1v) is 6.67. The Morgan fingerprint density at radius 1 is 1.25 bits per heavy atom. The van der Waals surface area contributed by atoms with Crippen LogP contribution in [0.2, 0.25) is 0 Å². The number of rotatable bonds is 6. The van der Waals surface area contributed by atoms with Crippen LogP contribution in [0.3, 0.4) is 0 Å². The highest BCUT2D eigenvalue weighted by Gasteiger charge is 2.19. The predicted molar refractivity (Wildman–Crippen MR) is 65.1 cm³/mol. The van der Waals surface area contributed by atoms with E-state index in [-0.39, 0.29) is 12.0 Å². The Morgan fingerprint density at radius 2 is 1.94 bits per heavy atom. The molecule has 1 saturated carbocycles. The first kappa shape index (κ1) is 13.5. The van der Waals surface area contributed by atoms with Crippen LogP contribution in [0.1, 0.15) is 58.3 Å². The molecule has 16 heavy (non-hydrogen) atoms. The van der Waals surface area contributed by atoms with E-state index in [4.69, 9.17) is 0 Å². The van der Waals surface area contributed by atoms with E-state index in [1.165, 1.54) is 0 Å². The second kappa shape index (κ2) is 7.66. The van der Waals surface area contributed by atoms with Gasteiger partial charge in [-0.3, -0.25) is 4.79 Å². The van der Waals surface area contributed by atoms with Crippen molar-refractivity contribution in [2.24, 2.45) is 5.92 Å². The molecular weight excluding hydrogens is 202 g/mol. The van der Waals surface area contributed by atoms with Gasteiger partial charge in [0, 0.05) is 13.0 Å². The van der Waals surface area contributed by atoms with Crippen LogP contribution in [0.4, 0.5) is 0 Å². The highest BCUT2D eigenvalue weighted by Crippen LogP contribution is 2.23. The minimum Gasteiger partial charge on any atom is -0.393 e. The molecule has 0 bridgehead atoms. The third-order valence-electron chi connectivity index (χ3n) is 3.41. The van der Waals surface area contributed by atoms with E-state index in [0.29, 0.717) is 12.3 Å². The summed E-state index contributed by atoms with van der Waals surface area (Å²) < 4.78 is 0. The van der Waals surface area contributed by atoms with E-state index in [1.807, 2.05) is 0 Å². The van der Waals surface area contributed by atoms with Crippen LogP contribution in [0.15, 0.2) is 0 Å². The largest absolute Gasteiger partial charge is 0.393 e. The van der Waals surface area contributed by atoms with Gasteiger partial charge in [-0.2, -0.15) is 0 Å². The molecule has 3 nitrogen and oxygen atoms in total. The number of nitrogens with one attached hydrogen (secondary N) is 1. The summed E-state index contributed by atoms with van der Waals surface area (Å²) in [6.07, 6.45) is 7.78. The van der Waals surface area contributed by atoms with Crippen molar-refractivity contribution >= 4 is 5.91 Å². The molecule has 0 atom stereocenters.